The molecule has 0 saturated carbocycles. The van der Waals surface area contributed by atoms with Gasteiger partial charge in [0.05, 0.1) is 15.7 Å². The predicted octanol–water partition coefficient (Wildman–Crippen LogP) is 5.43. The van der Waals surface area contributed by atoms with E-state index in [1.54, 1.807) is 24.3 Å². The van der Waals surface area contributed by atoms with Gasteiger partial charge in [0.25, 0.3) is 0 Å². The summed E-state index contributed by atoms with van der Waals surface area (Å²) in [5, 5.41) is 1.65. The first-order valence-electron chi connectivity index (χ1n) is 6.79. The molecule has 2 aromatic carbocycles. The van der Waals surface area contributed by atoms with Crippen LogP contribution in [0.5, 0.6) is 0 Å². The Kier molecular flexibility index (Phi) is 4.19. The predicted molar refractivity (Wildman–Crippen MR) is 87.4 cm³/mol. The third-order valence-corrected chi connectivity index (χ3v) is 4.39. The standard InChI is InChI=1S/C17H12Cl2FNO/c18-13-3-1-2-10(17(13)19)4-7-16(22)15-9-11-8-12(20)5-6-14(11)21-15/h1-3,5-6,8-9,21H,4,7H2. The third-order valence-electron chi connectivity index (χ3n) is 3.54. The molecule has 0 aliphatic carbocycles. The zero-order valence-corrected chi connectivity index (χ0v) is 13.0. The van der Waals surface area contributed by atoms with E-state index in [1.807, 2.05) is 6.07 Å². The number of benzene rings is 2. The van der Waals surface area contributed by atoms with Crippen LogP contribution in [0.3, 0.4) is 0 Å². The minimum atomic E-state index is -0.323. The average molecular weight is 336 g/mol. The van der Waals surface area contributed by atoms with Gasteiger partial charge in [0.1, 0.15) is 5.82 Å². The van der Waals surface area contributed by atoms with Crippen LogP contribution in [0.1, 0.15) is 22.5 Å². The summed E-state index contributed by atoms with van der Waals surface area (Å²) in [5.41, 5.74) is 2.05. The Morgan fingerprint density at radius 2 is 1.95 bits per heavy atom. The van der Waals surface area contributed by atoms with Gasteiger partial charge in [-0.3, -0.25) is 4.79 Å². The molecule has 5 heteroatoms. The molecule has 0 radical (unpaired) electrons. The minimum Gasteiger partial charge on any atom is -0.352 e. The number of aromatic amines is 1. The molecule has 0 spiro atoms. The fourth-order valence-corrected chi connectivity index (χ4v) is 2.79. The molecule has 1 heterocycles. The van der Waals surface area contributed by atoms with Crippen molar-refractivity contribution < 1.29 is 9.18 Å². The van der Waals surface area contributed by atoms with Crippen molar-refractivity contribution in [2.45, 2.75) is 12.8 Å². The Morgan fingerprint density at radius 1 is 1.14 bits per heavy atom. The molecule has 1 N–H and O–H groups in total. The van der Waals surface area contributed by atoms with Crippen molar-refractivity contribution in [2.24, 2.45) is 0 Å². The van der Waals surface area contributed by atoms with Crippen LogP contribution in [0.25, 0.3) is 10.9 Å². The molecule has 1 aromatic heterocycles. The van der Waals surface area contributed by atoms with Crippen molar-refractivity contribution in [3.63, 3.8) is 0 Å². The quantitative estimate of drug-likeness (QED) is 0.633. The lowest BCUT2D eigenvalue weighted by molar-refractivity contribution is 0.0979. The summed E-state index contributed by atoms with van der Waals surface area (Å²) < 4.78 is 13.2. The maximum Gasteiger partial charge on any atom is 0.179 e. The summed E-state index contributed by atoms with van der Waals surface area (Å²) in [6.45, 7) is 0. The Labute approximate surface area is 136 Å². The Bertz CT molecular complexity index is 857. The van der Waals surface area contributed by atoms with Crippen LogP contribution in [0.15, 0.2) is 42.5 Å². The first kappa shape index (κ1) is 15.1. The first-order chi connectivity index (χ1) is 10.5. The molecule has 0 amide bonds. The van der Waals surface area contributed by atoms with E-state index in [-0.39, 0.29) is 11.6 Å². The van der Waals surface area contributed by atoms with Crippen LogP contribution < -0.4 is 0 Å². The summed E-state index contributed by atoms with van der Waals surface area (Å²) in [6.07, 6.45) is 0.803. The highest BCUT2D eigenvalue weighted by atomic mass is 35.5. The van der Waals surface area contributed by atoms with Crippen LogP contribution in [0.4, 0.5) is 4.39 Å². The van der Waals surface area contributed by atoms with E-state index in [4.69, 9.17) is 23.2 Å². The number of carbonyl (C=O) groups excluding carboxylic acids is 1. The molecule has 3 aromatic rings. The maximum atomic E-state index is 13.2. The van der Waals surface area contributed by atoms with Crippen LogP contribution >= 0.6 is 23.2 Å². The summed E-state index contributed by atoms with van der Waals surface area (Å²) in [6, 6.07) is 11.4. The maximum absolute atomic E-state index is 13.2. The largest absolute Gasteiger partial charge is 0.352 e. The lowest BCUT2D eigenvalue weighted by atomic mass is 10.1. The second-order valence-corrected chi connectivity index (χ2v) is 5.84. The van der Waals surface area contributed by atoms with E-state index < -0.39 is 0 Å². The number of hydrogen-bond donors (Lipinski definition) is 1. The lowest BCUT2D eigenvalue weighted by Crippen LogP contribution is -2.01. The van der Waals surface area contributed by atoms with E-state index in [0.29, 0.717) is 34.0 Å². The zero-order chi connectivity index (χ0) is 15.7. The zero-order valence-electron chi connectivity index (χ0n) is 11.5. The molecule has 0 aliphatic rings. The van der Waals surface area contributed by atoms with Crippen LogP contribution in [-0.2, 0) is 6.42 Å². The van der Waals surface area contributed by atoms with E-state index in [0.717, 1.165) is 11.1 Å². The van der Waals surface area contributed by atoms with E-state index in [2.05, 4.69) is 4.98 Å². The van der Waals surface area contributed by atoms with Crippen molar-refractivity contribution in [1.82, 2.24) is 4.98 Å². The van der Waals surface area contributed by atoms with E-state index >= 15 is 0 Å². The van der Waals surface area contributed by atoms with Gasteiger partial charge >= 0.3 is 0 Å². The number of rotatable bonds is 4. The summed E-state index contributed by atoms with van der Waals surface area (Å²) >= 11 is 12.1. The highest BCUT2D eigenvalue weighted by Crippen LogP contribution is 2.27. The number of hydrogen-bond acceptors (Lipinski definition) is 1. The SMILES string of the molecule is O=C(CCc1cccc(Cl)c1Cl)c1cc2cc(F)ccc2[nH]1. The van der Waals surface area contributed by atoms with E-state index in [1.165, 1.54) is 12.1 Å². The molecule has 112 valence electrons. The van der Waals surface area contributed by atoms with Gasteiger partial charge in [-0.1, -0.05) is 35.3 Å². The first-order valence-corrected chi connectivity index (χ1v) is 7.54. The Balaban J connectivity index is 1.77. The van der Waals surface area contributed by atoms with Gasteiger partial charge < -0.3 is 4.98 Å². The van der Waals surface area contributed by atoms with Crippen molar-refractivity contribution >= 4 is 39.9 Å². The third kappa shape index (κ3) is 3.01. The number of fused-ring (bicyclic) bond motifs is 1. The molecule has 2 nitrogen and oxygen atoms in total. The van der Waals surface area contributed by atoms with Gasteiger partial charge in [-0.15, -0.1) is 0 Å². The van der Waals surface area contributed by atoms with Crippen LogP contribution in [0, 0.1) is 5.82 Å². The second-order valence-electron chi connectivity index (χ2n) is 5.05. The number of nitrogens with one attached hydrogen (secondary N) is 1. The van der Waals surface area contributed by atoms with Crippen molar-refractivity contribution in [3.05, 3.63) is 69.6 Å². The Morgan fingerprint density at radius 3 is 2.77 bits per heavy atom. The highest BCUT2D eigenvalue weighted by Gasteiger charge is 2.12. The smallest absolute Gasteiger partial charge is 0.179 e. The molecular weight excluding hydrogens is 324 g/mol. The molecule has 0 saturated heterocycles. The number of aryl methyl sites for hydroxylation is 1. The number of halogens is 3. The molecule has 22 heavy (non-hydrogen) atoms. The average Bonchev–Trinajstić information content (AvgIpc) is 2.91. The monoisotopic (exact) mass is 335 g/mol. The van der Waals surface area contributed by atoms with E-state index in [9.17, 15) is 9.18 Å². The van der Waals surface area contributed by atoms with Gasteiger partial charge in [0.2, 0.25) is 0 Å². The number of aromatic nitrogens is 1. The fraction of sp³-hybridized carbons (Fsp3) is 0.118. The van der Waals surface area contributed by atoms with Crippen LogP contribution in [-0.4, -0.2) is 10.8 Å². The van der Waals surface area contributed by atoms with Crippen molar-refractivity contribution in [2.75, 3.05) is 0 Å². The van der Waals surface area contributed by atoms with Crippen molar-refractivity contribution in [3.8, 4) is 0 Å². The molecule has 0 bridgehead atoms. The summed E-state index contributed by atoms with van der Waals surface area (Å²) in [7, 11) is 0. The van der Waals surface area contributed by atoms with Gasteiger partial charge in [0.15, 0.2) is 5.78 Å². The highest BCUT2D eigenvalue weighted by molar-refractivity contribution is 6.42. The molecule has 0 aliphatic heterocycles. The van der Waals surface area contributed by atoms with Gasteiger partial charge in [-0.25, -0.2) is 4.39 Å². The molecule has 0 atom stereocenters. The molecular formula is C17H12Cl2FNO. The van der Waals surface area contributed by atoms with Gasteiger partial charge in [-0.05, 0) is 42.3 Å². The number of ketones is 1. The number of carbonyl (C=O) groups is 1. The lowest BCUT2D eigenvalue weighted by Gasteiger charge is -2.04. The van der Waals surface area contributed by atoms with Crippen molar-refractivity contribution in [1.29, 1.82) is 0 Å². The Hall–Kier alpha value is -1.84. The molecule has 0 unspecified atom stereocenters. The minimum absolute atomic E-state index is 0.0485. The van der Waals surface area contributed by atoms with Gasteiger partial charge in [-0.2, -0.15) is 0 Å². The van der Waals surface area contributed by atoms with Crippen LogP contribution in [0.2, 0.25) is 10.0 Å². The summed E-state index contributed by atoms with van der Waals surface area (Å²) in [5.74, 6) is -0.371. The fourth-order valence-electron chi connectivity index (χ4n) is 2.38. The number of Topliss-reactive ketones (excluding diaryl/α,β-unsaturated/α-hetero) is 1. The number of H-pyrrole nitrogens is 1. The normalized spacial score (nSPS) is 11.0. The molecule has 3 rings (SSSR count). The second kappa shape index (κ2) is 6.11. The summed E-state index contributed by atoms with van der Waals surface area (Å²) in [4.78, 5) is 15.3. The topological polar surface area (TPSA) is 32.9 Å². The van der Waals surface area contributed by atoms with Gasteiger partial charge in [0, 0.05) is 17.3 Å². The molecule has 0 fully saturated rings.